The minimum atomic E-state index is -0.588. The molecule has 0 atom stereocenters. The molecule has 3 rings (SSSR count). The van der Waals surface area contributed by atoms with Gasteiger partial charge < -0.3 is 14.5 Å². The van der Waals surface area contributed by atoms with Gasteiger partial charge in [-0.1, -0.05) is 41.0 Å². The number of hydrogen-bond donors (Lipinski definition) is 1. The van der Waals surface area contributed by atoms with Crippen molar-refractivity contribution in [2.75, 3.05) is 18.2 Å². The molecule has 0 unspecified atom stereocenters. The molecule has 0 aliphatic rings. The van der Waals surface area contributed by atoms with Gasteiger partial charge in [-0.05, 0) is 36.4 Å². The van der Waals surface area contributed by atoms with Crippen LogP contribution in [0.1, 0.15) is 10.4 Å². The molecule has 144 valence electrons. The van der Waals surface area contributed by atoms with Crippen LogP contribution in [0.25, 0.3) is 11.5 Å². The predicted octanol–water partition coefficient (Wildman–Crippen LogP) is 4.56. The molecule has 7 nitrogen and oxygen atoms in total. The number of amides is 1. The molecule has 0 radical (unpaired) electrons. The number of carbonyl (C=O) groups excluding carboxylic acids is 2. The number of halogens is 2. The van der Waals surface area contributed by atoms with Crippen LogP contribution in [0, 0.1) is 0 Å². The fraction of sp³-hybridized carbons (Fsp3) is 0.111. The van der Waals surface area contributed by atoms with Crippen LogP contribution in [0.15, 0.2) is 52.1 Å². The molecule has 28 heavy (non-hydrogen) atoms. The minimum Gasteiger partial charge on any atom is -0.465 e. The first kappa shape index (κ1) is 20.2. The highest BCUT2D eigenvalue weighted by Gasteiger charge is 2.14. The van der Waals surface area contributed by atoms with E-state index in [2.05, 4.69) is 20.3 Å². The van der Waals surface area contributed by atoms with Crippen LogP contribution in [0.3, 0.4) is 0 Å². The summed E-state index contributed by atoms with van der Waals surface area (Å²) in [5.41, 5.74) is 1.27. The number of thioether (sulfide) groups is 1. The Kier molecular flexibility index (Phi) is 6.56. The Labute approximate surface area is 174 Å². The maximum Gasteiger partial charge on any atom is 0.339 e. The number of benzene rings is 2. The number of esters is 1. The average molecular weight is 438 g/mol. The molecule has 1 aromatic heterocycles. The number of aromatic nitrogens is 2. The van der Waals surface area contributed by atoms with Crippen LogP contribution in [-0.2, 0) is 9.53 Å². The minimum absolute atomic E-state index is 0.0351. The van der Waals surface area contributed by atoms with Crippen molar-refractivity contribution < 1.29 is 18.7 Å². The standard InChI is InChI=1S/C18H13Cl2N3O4S/c1-26-17(25)13-8-12(5-6-14(13)20)21-15(24)9-28-18-23-22-16(27-18)10-3-2-4-11(19)7-10/h2-8H,9H2,1H3,(H,21,24). The van der Waals surface area contributed by atoms with Crippen LogP contribution in [0.4, 0.5) is 5.69 Å². The van der Waals surface area contributed by atoms with E-state index >= 15 is 0 Å². The van der Waals surface area contributed by atoms with E-state index < -0.39 is 5.97 Å². The van der Waals surface area contributed by atoms with Crippen LogP contribution >= 0.6 is 35.0 Å². The van der Waals surface area contributed by atoms with E-state index in [9.17, 15) is 9.59 Å². The van der Waals surface area contributed by atoms with Gasteiger partial charge >= 0.3 is 5.97 Å². The van der Waals surface area contributed by atoms with Gasteiger partial charge in [-0.25, -0.2) is 4.79 Å². The zero-order chi connectivity index (χ0) is 20.1. The van der Waals surface area contributed by atoms with Crippen molar-refractivity contribution in [3.8, 4) is 11.5 Å². The van der Waals surface area contributed by atoms with E-state index in [1.54, 1.807) is 30.3 Å². The summed E-state index contributed by atoms with van der Waals surface area (Å²) in [6.07, 6.45) is 0. The zero-order valence-electron chi connectivity index (χ0n) is 14.4. The van der Waals surface area contributed by atoms with E-state index in [0.29, 0.717) is 22.2 Å². The molecular formula is C18H13Cl2N3O4S. The van der Waals surface area contributed by atoms with E-state index in [0.717, 1.165) is 11.8 Å². The summed E-state index contributed by atoms with van der Waals surface area (Å²) in [5.74, 6) is -0.556. The van der Waals surface area contributed by atoms with Crippen LogP contribution in [0.5, 0.6) is 0 Å². The highest BCUT2D eigenvalue weighted by atomic mass is 35.5. The van der Waals surface area contributed by atoms with Crippen molar-refractivity contribution in [2.24, 2.45) is 0 Å². The van der Waals surface area contributed by atoms with Gasteiger partial charge in [0, 0.05) is 16.3 Å². The van der Waals surface area contributed by atoms with Gasteiger partial charge in [0.25, 0.3) is 5.22 Å². The normalized spacial score (nSPS) is 10.5. The number of nitrogens with one attached hydrogen (secondary N) is 1. The number of anilines is 1. The first-order chi connectivity index (χ1) is 13.5. The lowest BCUT2D eigenvalue weighted by Gasteiger charge is -2.07. The van der Waals surface area contributed by atoms with Gasteiger partial charge in [-0.3, -0.25) is 4.79 Å². The van der Waals surface area contributed by atoms with Crippen molar-refractivity contribution in [1.29, 1.82) is 0 Å². The van der Waals surface area contributed by atoms with Gasteiger partial charge in [0.1, 0.15) is 0 Å². The Hall–Kier alpha value is -2.55. The molecule has 0 aliphatic carbocycles. The van der Waals surface area contributed by atoms with Crippen molar-refractivity contribution in [3.63, 3.8) is 0 Å². The number of carbonyl (C=O) groups is 2. The van der Waals surface area contributed by atoms with Crippen molar-refractivity contribution in [2.45, 2.75) is 5.22 Å². The van der Waals surface area contributed by atoms with Gasteiger partial charge in [0.05, 0.1) is 23.4 Å². The summed E-state index contributed by atoms with van der Waals surface area (Å²) in [4.78, 5) is 23.8. The molecule has 3 aromatic rings. The highest BCUT2D eigenvalue weighted by molar-refractivity contribution is 7.99. The maximum atomic E-state index is 12.2. The smallest absolute Gasteiger partial charge is 0.339 e. The lowest BCUT2D eigenvalue weighted by molar-refractivity contribution is -0.113. The molecule has 1 amide bonds. The third-order valence-electron chi connectivity index (χ3n) is 3.46. The molecule has 1 N–H and O–H groups in total. The quantitative estimate of drug-likeness (QED) is 0.445. The molecule has 0 fully saturated rings. The second kappa shape index (κ2) is 9.09. The lowest BCUT2D eigenvalue weighted by atomic mass is 10.2. The van der Waals surface area contributed by atoms with E-state index in [1.165, 1.54) is 19.2 Å². The third-order valence-corrected chi connectivity index (χ3v) is 4.84. The summed E-state index contributed by atoms with van der Waals surface area (Å²) in [5, 5.41) is 11.6. The Morgan fingerprint density at radius 1 is 1.18 bits per heavy atom. The molecule has 0 bridgehead atoms. The molecule has 0 saturated carbocycles. The number of hydrogen-bond acceptors (Lipinski definition) is 7. The van der Waals surface area contributed by atoms with Crippen molar-refractivity contribution >= 4 is 52.5 Å². The Morgan fingerprint density at radius 2 is 2.00 bits per heavy atom. The van der Waals surface area contributed by atoms with Gasteiger partial charge in [0.2, 0.25) is 11.8 Å². The van der Waals surface area contributed by atoms with Crippen LogP contribution < -0.4 is 5.32 Å². The van der Waals surface area contributed by atoms with Crippen molar-refractivity contribution in [1.82, 2.24) is 10.2 Å². The van der Waals surface area contributed by atoms with E-state index in [1.807, 2.05) is 0 Å². The van der Waals surface area contributed by atoms with Gasteiger partial charge in [-0.2, -0.15) is 0 Å². The molecule has 0 aliphatic heterocycles. The van der Waals surface area contributed by atoms with Crippen molar-refractivity contribution in [3.05, 3.63) is 58.1 Å². The number of nitrogens with zero attached hydrogens (tertiary/aromatic N) is 2. The average Bonchev–Trinajstić information content (AvgIpc) is 3.16. The van der Waals surface area contributed by atoms with Gasteiger partial charge in [-0.15, -0.1) is 10.2 Å². The second-order valence-corrected chi connectivity index (χ2v) is 7.18. The molecule has 2 aromatic carbocycles. The number of methoxy groups -OCH3 is 1. The Bertz CT molecular complexity index is 1030. The van der Waals surface area contributed by atoms with E-state index in [4.69, 9.17) is 27.6 Å². The third kappa shape index (κ3) is 5.03. The first-order valence-corrected chi connectivity index (χ1v) is 9.60. The van der Waals surface area contributed by atoms with E-state index in [-0.39, 0.29) is 27.5 Å². The predicted molar refractivity (Wildman–Crippen MR) is 107 cm³/mol. The summed E-state index contributed by atoms with van der Waals surface area (Å²) in [6.45, 7) is 0. The molecule has 1 heterocycles. The Balaban J connectivity index is 1.60. The Morgan fingerprint density at radius 3 is 2.75 bits per heavy atom. The lowest BCUT2D eigenvalue weighted by Crippen LogP contribution is -2.14. The monoisotopic (exact) mass is 437 g/mol. The van der Waals surface area contributed by atoms with Crippen LogP contribution in [-0.4, -0.2) is 34.9 Å². The fourth-order valence-electron chi connectivity index (χ4n) is 2.20. The SMILES string of the molecule is COC(=O)c1cc(NC(=O)CSc2nnc(-c3cccc(Cl)c3)o2)ccc1Cl. The number of ether oxygens (including phenoxy) is 1. The highest BCUT2D eigenvalue weighted by Crippen LogP contribution is 2.26. The van der Waals surface area contributed by atoms with Gasteiger partial charge in [0.15, 0.2) is 0 Å². The summed E-state index contributed by atoms with van der Waals surface area (Å²) in [6, 6.07) is 11.5. The number of rotatable bonds is 6. The largest absolute Gasteiger partial charge is 0.465 e. The second-order valence-electron chi connectivity index (χ2n) is 5.41. The molecular weight excluding hydrogens is 425 g/mol. The summed E-state index contributed by atoms with van der Waals surface area (Å²) < 4.78 is 10.2. The van der Waals surface area contributed by atoms with Crippen LogP contribution in [0.2, 0.25) is 10.0 Å². The topological polar surface area (TPSA) is 94.3 Å². The fourth-order valence-corrected chi connectivity index (χ4v) is 3.15. The molecule has 10 heteroatoms. The summed E-state index contributed by atoms with van der Waals surface area (Å²) >= 11 is 13.0. The first-order valence-electron chi connectivity index (χ1n) is 7.86. The molecule has 0 saturated heterocycles. The maximum absolute atomic E-state index is 12.2. The summed E-state index contributed by atoms with van der Waals surface area (Å²) in [7, 11) is 1.25. The molecule has 0 spiro atoms. The zero-order valence-corrected chi connectivity index (χ0v) is 16.8.